The molecule has 0 bridgehead atoms. The second-order valence-corrected chi connectivity index (χ2v) is 21.4. The minimum absolute atomic E-state index is 0.254. The van der Waals surface area contributed by atoms with Crippen molar-refractivity contribution in [2.75, 3.05) is 19.8 Å². The highest BCUT2D eigenvalue weighted by atomic mass is 16.7. The highest BCUT2D eigenvalue weighted by Gasteiger charge is 2.51. The standard InChI is InChI=1S/C64H111NO13/c1-3-5-7-9-11-12-13-14-15-16-17-18-19-20-21-22-23-24-25-26-27-28-29-30-31-32-33-34-35-36-37-38-39-40-42-44-46-48-56(69)65-52(53(68)47-45-43-41-10-8-6-4-2)51-75-63-61(74)59(72)62(55(50-67)77-63)78-64-60(73)58(71)57(70)54(49-66)76-64/h5,7-8,10-12,14-15,17-18,20-21,45,47,52-55,57-64,66-68,70-74H,3-4,6,9,13,16,19,22-44,46,48-51H2,1-2H3,(H,65,69)/b7-5-,10-8+,12-11-,15-14-,18-17-,21-20-,47-45+. The Morgan fingerprint density at radius 1 is 0.474 bits per heavy atom. The van der Waals surface area contributed by atoms with Gasteiger partial charge >= 0.3 is 0 Å². The third-order valence-electron chi connectivity index (χ3n) is 14.5. The van der Waals surface area contributed by atoms with Crippen molar-refractivity contribution < 1.29 is 64.6 Å². The number of carbonyl (C=O) groups excluding carboxylic acids is 1. The summed E-state index contributed by atoms with van der Waals surface area (Å²) >= 11 is 0. The van der Waals surface area contributed by atoms with E-state index in [0.717, 1.165) is 70.6 Å². The van der Waals surface area contributed by atoms with Crippen LogP contribution in [-0.4, -0.2) is 140 Å². The second-order valence-electron chi connectivity index (χ2n) is 21.4. The molecule has 0 aromatic rings. The van der Waals surface area contributed by atoms with Crippen LogP contribution in [0.25, 0.3) is 0 Å². The van der Waals surface area contributed by atoms with E-state index in [2.05, 4.69) is 92.1 Å². The van der Waals surface area contributed by atoms with E-state index in [1.807, 2.05) is 6.08 Å². The fraction of sp³-hybridized carbons (Fsp3) is 0.766. The first kappa shape index (κ1) is 71.3. The second kappa shape index (κ2) is 48.8. The minimum atomic E-state index is -1.79. The SMILES string of the molecule is CC/C=C\C/C=C\C/C=C\C/C=C\C/C=C\CCCCCCCCCCCCCCCCCCCCCCCC(=O)NC(COC1OC(CO)C(OC2OC(CO)C(O)C(O)C2O)C(O)C1O)C(O)/C=C/CC/C=C/CCC. The highest BCUT2D eigenvalue weighted by molar-refractivity contribution is 5.76. The van der Waals surface area contributed by atoms with Crippen LogP contribution in [0.3, 0.4) is 0 Å². The number of unbranched alkanes of at least 4 members (excludes halogenated alkanes) is 23. The van der Waals surface area contributed by atoms with Gasteiger partial charge in [0.1, 0.15) is 48.8 Å². The summed E-state index contributed by atoms with van der Waals surface area (Å²) in [7, 11) is 0. The van der Waals surface area contributed by atoms with E-state index in [9.17, 15) is 45.6 Å². The van der Waals surface area contributed by atoms with Gasteiger partial charge in [-0.25, -0.2) is 0 Å². The summed E-state index contributed by atoms with van der Waals surface area (Å²) in [5.41, 5.74) is 0. The van der Waals surface area contributed by atoms with Gasteiger partial charge in [0.15, 0.2) is 12.6 Å². The molecule has 2 heterocycles. The Bertz CT molecular complexity index is 1630. The monoisotopic (exact) mass is 1100 g/mol. The van der Waals surface area contributed by atoms with Crippen molar-refractivity contribution in [3.63, 3.8) is 0 Å². The lowest BCUT2D eigenvalue weighted by Crippen LogP contribution is -2.65. The average Bonchev–Trinajstić information content (AvgIpc) is 3.47. The van der Waals surface area contributed by atoms with Gasteiger partial charge in [0.05, 0.1) is 32.0 Å². The van der Waals surface area contributed by atoms with E-state index in [4.69, 9.17) is 18.9 Å². The maximum absolute atomic E-state index is 13.2. The Morgan fingerprint density at radius 3 is 1.40 bits per heavy atom. The maximum atomic E-state index is 13.2. The molecule has 2 aliphatic rings. The zero-order chi connectivity index (χ0) is 56.7. The van der Waals surface area contributed by atoms with Crippen molar-refractivity contribution in [1.29, 1.82) is 0 Å². The Labute approximate surface area is 471 Å². The molecule has 0 saturated carbocycles. The summed E-state index contributed by atoms with van der Waals surface area (Å²) in [5, 5.41) is 86.6. The van der Waals surface area contributed by atoms with Crippen LogP contribution in [0, 0.1) is 0 Å². The summed E-state index contributed by atoms with van der Waals surface area (Å²) in [5.74, 6) is -0.254. The van der Waals surface area contributed by atoms with Crippen molar-refractivity contribution in [2.45, 2.75) is 293 Å². The zero-order valence-electron chi connectivity index (χ0n) is 48.4. The first-order valence-electron chi connectivity index (χ1n) is 30.8. The molecular weight excluding hydrogens is 991 g/mol. The Balaban J connectivity index is 1.53. The topological polar surface area (TPSA) is 228 Å². The van der Waals surface area contributed by atoms with Gasteiger partial charge in [-0.3, -0.25) is 4.79 Å². The smallest absolute Gasteiger partial charge is 0.220 e. The molecule has 9 N–H and O–H groups in total. The average molecular weight is 1100 g/mol. The van der Waals surface area contributed by atoms with E-state index in [1.165, 1.54) is 116 Å². The van der Waals surface area contributed by atoms with E-state index >= 15 is 0 Å². The van der Waals surface area contributed by atoms with Crippen molar-refractivity contribution in [3.8, 4) is 0 Å². The molecule has 2 fully saturated rings. The summed E-state index contributed by atoms with van der Waals surface area (Å²) in [6.07, 6.45) is 49.9. The number of allylic oxidation sites excluding steroid dienone is 13. The fourth-order valence-electron chi connectivity index (χ4n) is 9.64. The number of rotatable bonds is 48. The van der Waals surface area contributed by atoms with Gasteiger partial charge in [-0.2, -0.15) is 0 Å². The van der Waals surface area contributed by atoms with E-state index in [-0.39, 0.29) is 18.9 Å². The predicted octanol–water partition coefficient (Wildman–Crippen LogP) is 10.9. The van der Waals surface area contributed by atoms with Gasteiger partial charge in [0.2, 0.25) is 5.91 Å². The van der Waals surface area contributed by atoms with Gasteiger partial charge in [-0.1, -0.05) is 227 Å². The molecule has 14 nitrogen and oxygen atoms in total. The summed E-state index contributed by atoms with van der Waals surface area (Å²) < 4.78 is 22.6. The Kier molecular flexibility index (Phi) is 44.6. The van der Waals surface area contributed by atoms with E-state index in [1.54, 1.807) is 6.08 Å². The van der Waals surface area contributed by atoms with Crippen LogP contribution in [0.4, 0.5) is 0 Å². The lowest BCUT2D eigenvalue weighted by molar-refractivity contribution is -0.359. The van der Waals surface area contributed by atoms with Crippen LogP contribution in [0.15, 0.2) is 85.1 Å². The molecule has 2 saturated heterocycles. The molecule has 12 atom stereocenters. The third kappa shape index (κ3) is 33.8. The van der Waals surface area contributed by atoms with Crippen LogP contribution in [0.1, 0.15) is 219 Å². The van der Waals surface area contributed by atoms with Gasteiger partial charge < -0.3 is 65.1 Å². The largest absolute Gasteiger partial charge is 0.394 e. The minimum Gasteiger partial charge on any atom is -0.394 e. The number of nitrogens with one attached hydrogen (secondary N) is 1. The molecule has 78 heavy (non-hydrogen) atoms. The quantitative estimate of drug-likeness (QED) is 0.0204. The molecule has 0 aliphatic carbocycles. The highest BCUT2D eigenvalue weighted by Crippen LogP contribution is 2.30. The summed E-state index contributed by atoms with van der Waals surface area (Å²) in [6, 6.07) is -0.930. The van der Waals surface area contributed by atoms with Crippen molar-refractivity contribution in [3.05, 3.63) is 85.1 Å². The number of hydrogen-bond acceptors (Lipinski definition) is 13. The van der Waals surface area contributed by atoms with Gasteiger partial charge in [0.25, 0.3) is 0 Å². The van der Waals surface area contributed by atoms with Gasteiger partial charge in [-0.15, -0.1) is 0 Å². The van der Waals surface area contributed by atoms with E-state index < -0.39 is 86.8 Å². The first-order valence-corrected chi connectivity index (χ1v) is 30.8. The lowest BCUT2D eigenvalue weighted by atomic mass is 9.97. The van der Waals surface area contributed by atoms with E-state index in [0.29, 0.717) is 12.8 Å². The molecule has 14 heteroatoms. The molecule has 450 valence electrons. The van der Waals surface area contributed by atoms with Crippen LogP contribution in [0.5, 0.6) is 0 Å². The van der Waals surface area contributed by atoms with Crippen LogP contribution >= 0.6 is 0 Å². The zero-order valence-corrected chi connectivity index (χ0v) is 48.4. The van der Waals surface area contributed by atoms with Crippen LogP contribution in [-0.2, 0) is 23.7 Å². The van der Waals surface area contributed by atoms with Crippen LogP contribution < -0.4 is 5.32 Å². The maximum Gasteiger partial charge on any atom is 0.220 e. The predicted molar refractivity (Wildman–Crippen MR) is 313 cm³/mol. The van der Waals surface area contributed by atoms with Crippen molar-refractivity contribution in [2.24, 2.45) is 0 Å². The summed E-state index contributed by atoms with van der Waals surface area (Å²) in [4.78, 5) is 13.2. The molecular formula is C64H111NO13. The third-order valence-corrected chi connectivity index (χ3v) is 14.5. The molecule has 0 aromatic heterocycles. The molecule has 1 amide bonds. The molecule has 2 aliphatic heterocycles. The molecule has 12 unspecified atom stereocenters. The fourth-order valence-corrected chi connectivity index (χ4v) is 9.64. The number of ether oxygens (including phenoxy) is 4. The molecule has 0 spiro atoms. The normalized spacial score (nSPS) is 25.2. The van der Waals surface area contributed by atoms with Gasteiger partial charge in [-0.05, 0) is 70.6 Å². The number of aliphatic hydroxyl groups excluding tert-OH is 8. The Hall–Kier alpha value is -2.83. The number of aliphatic hydroxyl groups is 8. The van der Waals surface area contributed by atoms with Crippen LogP contribution in [0.2, 0.25) is 0 Å². The molecule has 0 radical (unpaired) electrons. The number of hydrogen-bond donors (Lipinski definition) is 9. The molecule has 0 aromatic carbocycles. The lowest BCUT2D eigenvalue weighted by Gasteiger charge is -2.46. The molecule has 2 rings (SSSR count). The first-order chi connectivity index (χ1) is 38.1. The number of amides is 1. The Morgan fingerprint density at radius 2 is 0.897 bits per heavy atom. The van der Waals surface area contributed by atoms with Crippen molar-refractivity contribution >= 4 is 5.91 Å². The van der Waals surface area contributed by atoms with Gasteiger partial charge in [0, 0.05) is 6.42 Å². The summed E-state index contributed by atoms with van der Waals surface area (Å²) in [6.45, 7) is 2.54. The number of carbonyl (C=O) groups is 1. The van der Waals surface area contributed by atoms with Crippen molar-refractivity contribution in [1.82, 2.24) is 5.32 Å².